The predicted octanol–water partition coefficient (Wildman–Crippen LogP) is 5.45. The summed E-state index contributed by atoms with van der Waals surface area (Å²) in [6.45, 7) is 7.31. The fourth-order valence-electron chi connectivity index (χ4n) is 2.48. The van der Waals surface area contributed by atoms with Crippen LogP contribution >= 0.6 is 0 Å². The van der Waals surface area contributed by atoms with Gasteiger partial charge < -0.3 is 20.4 Å². The smallest absolute Gasteiger partial charge is 0.323 e. The van der Waals surface area contributed by atoms with Crippen LogP contribution in [-0.2, 0) is 0 Å². The molecule has 5 heteroatoms. The van der Waals surface area contributed by atoms with Gasteiger partial charge in [-0.3, -0.25) is 0 Å². The standard InChI is InChI=1S/C21H19N3O2/c1-3-6-16(4-2)26-17-11-9-15(10-12-17)23-21(25)24-20-8-5-7-19-18(20)13-14-22-19/h3-14,22H,1-2H2,(H2,23,24,25)/b16-6+. The molecule has 0 spiro atoms. The van der Waals surface area contributed by atoms with E-state index >= 15 is 0 Å². The number of benzene rings is 2. The molecule has 0 unspecified atom stereocenters. The van der Waals surface area contributed by atoms with Gasteiger partial charge in [0.2, 0.25) is 0 Å². The summed E-state index contributed by atoms with van der Waals surface area (Å²) in [5.41, 5.74) is 2.37. The van der Waals surface area contributed by atoms with Crippen LogP contribution in [0.25, 0.3) is 10.9 Å². The lowest BCUT2D eigenvalue weighted by Crippen LogP contribution is -2.19. The van der Waals surface area contributed by atoms with E-state index in [4.69, 9.17) is 4.74 Å². The Balaban J connectivity index is 1.64. The van der Waals surface area contributed by atoms with Gasteiger partial charge in [0.1, 0.15) is 11.5 Å². The van der Waals surface area contributed by atoms with Crippen molar-refractivity contribution in [3.05, 3.63) is 91.9 Å². The summed E-state index contributed by atoms with van der Waals surface area (Å²) in [6, 6.07) is 14.4. The van der Waals surface area contributed by atoms with E-state index in [1.807, 2.05) is 30.5 Å². The van der Waals surface area contributed by atoms with Gasteiger partial charge in [-0.2, -0.15) is 0 Å². The minimum absolute atomic E-state index is 0.314. The van der Waals surface area contributed by atoms with Crippen molar-refractivity contribution in [2.75, 3.05) is 10.6 Å². The molecule has 0 saturated carbocycles. The summed E-state index contributed by atoms with van der Waals surface area (Å²) in [5, 5.41) is 6.61. The van der Waals surface area contributed by atoms with E-state index in [1.54, 1.807) is 42.5 Å². The molecule has 5 nitrogen and oxygen atoms in total. The quantitative estimate of drug-likeness (QED) is 0.411. The summed E-state index contributed by atoms with van der Waals surface area (Å²) in [4.78, 5) is 15.4. The lowest BCUT2D eigenvalue weighted by Gasteiger charge is -2.10. The Morgan fingerprint density at radius 3 is 2.58 bits per heavy atom. The van der Waals surface area contributed by atoms with Gasteiger partial charge in [-0.1, -0.05) is 25.3 Å². The molecule has 0 atom stereocenters. The van der Waals surface area contributed by atoms with Crippen LogP contribution in [0.15, 0.2) is 91.9 Å². The van der Waals surface area contributed by atoms with E-state index in [-0.39, 0.29) is 6.03 Å². The molecule has 3 rings (SSSR count). The maximum Gasteiger partial charge on any atom is 0.323 e. The molecule has 2 amide bonds. The first kappa shape index (κ1) is 17.1. The number of aromatic amines is 1. The molecule has 3 N–H and O–H groups in total. The van der Waals surface area contributed by atoms with Crippen LogP contribution in [0.5, 0.6) is 5.75 Å². The zero-order chi connectivity index (χ0) is 18.4. The molecule has 26 heavy (non-hydrogen) atoms. The highest BCUT2D eigenvalue weighted by atomic mass is 16.5. The summed E-state index contributed by atoms with van der Waals surface area (Å²) in [6.07, 6.45) is 6.78. The average molecular weight is 345 g/mol. The van der Waals surface area contributed by atoms with Gasteiger partial charge in [0.25, 0.3) is 0 Å². The van der Waals surface area contributed by atoms with Gasteiger partial charge >= 0.3 is 6.03 Å². The number of aromatic nitrogens is 1. The number of anilines is 2. The van der Waals surface area contributed by atoms with Gasteiger partial charge in [0.15, 0.2) is 0 Å². The third kappa shape index (κ3) is 4.02. The Labute approximate surface area is 151 Å². The van der Waals surface area contributed by atoms with Gasteiger partial charge in [-0.25, -0.2) is 4.79 Å². The van der Waals surface area contributed by atoms with Crippen molar-refractivity contribution in [1.82, 2.24) is 4.98 Å². The van der Waals surface area contributed by atoms with Gasteiger partial charge in [0, 0.05) is 22.8 Å². The van der Waals surface area contributed by atoms with Crippen molar-refractivity contribution in [3.8, 4) is 5.75 Å². The zero-order valence-electron chi connectivity index (χ0n) is 14.2. The number of hydrogen-bond donors (Lipinski definition) is 3. The van der Waals surface area contributed by atoms with Gasteiger partial charge in [-0.05, 0) is 54.6 Å². The van der Waals surface area contributed by atoms with Crippen LogP contribution in [-0.4, -0.2) is 11.0 Å². The molecule has 3 aromatic rings. The molecule has 0 aliphatic heterocycles. The number of amides is 2. The highest BCUT2D eigenvalue weighted by Crippen LogP contribution is 2.23. The molecule has 0 aliphatic rings. The lowest BCUT2D eigenvalue weighted by molar-refractivity contribution is 0.262. The van der Waals surface area contributed by atoms with E-state index in [2.05, 4.69) is 28.8 Å². The largest absolute Gasteiger partial charge is 0.457 e. The molecule has 0 aliphatic carbocycles. The van der Waals surface area contributed by atoms with Gasteiger partial charge in [-0.15, -0.1) is 0 Å². The van der Waals surface area contributed by atoms with E-state index in [1.165, 1.54) is 0 Å². The summed E-state index contributed by atoms with van der Waals surface area (Å²) >= 11 is 0. The molecule has 0 bridgehead atoms. The molecule has 1 heterocycles. The number of hydrogen-bond acceptors (Lipinski definition) is 2. The first-order chi connectivity index (χ1) is 12.7. The van der Waals surface area contributed by atoms with Crippen molar-refractivity contribution in [2.45, 2.75) is 0 Å². The number of rotatable bonds is 6. The molecule has 130 valence electrons. The van der Waals surface area contributed by atoms with Crippen molar-refractivity contribution in [1.29, 1.82) is 0 Å². The monoisotopic (exact) mass is 345 g/mol. The maximum absolute atomic E-state index is 12.2. The Morgan fingerprint density at radius 2 is 1.85 bits per heavy atom. The Kier molecular flexibility index (Phi) is 5.19. The number of allylic oxidation sites excluding steroid dienone is 3. The van der Waals surface area contributed by atoms with Crippen LogP contribution < -0.4 is 15.4 Å². The number of ether oxygens (including phenoxy) is 1. The number of H-pyrrole nitrogens is 1. The minimum Gasteiger partial charge on any atom is -0.457 e. The minimum atomic E-state index is -0.314. The van der Waals surface area contributed by atoms with Crippen molar-refractivity contribution in [2.24, 2.45) is 0 Å². The van der Waals surface area contributed by atoms with Crippen LogP contribution in [0.1, 0.15) is 0 Å². The second-order valence-electron chi connectivity index (χ2n) is 5.46. The number of nitrogens with one attached hydrogen (secondary N) is 3. The van der Waals surface area contributed by atoms with E-state index in [9.17, 15) is 4.79 Å². The SMILES string of the molecule is C=C/C=C(\C=C)Oc1ccc(NC(=O)Nc2cccc3[nH]ccc23)cc1. The highest BCUT2D eigenvalue weighted by molar-refractivity contribution is 6.05. The summed E-state index contributed by atoms with van der Waals surface area (Å²) in [5.74, 6) is 1.24. The van der Waals surface area contributed by atoms with Crippen LogP contribution in [0.2, 0.25) is 0 Å². The zero-order valence-corrected chi connectivity index (χ0v) is 14.2. The highest BCUT2D eigenvalue weighted by Gasteiger charge is 2.07. The molecule has 0 fully saturated rings. The Bertz CT molecular complexity index is 968. The first-order valence-corrected chi connectivity index (χ1v) is 8.07. The van der Waals surface area contributed by atoms with Crippen LogP contribution in [0.3, 0.4) is 0 Å². The van der Waals surface area contributed by atoms with Crippen molar-refractivity contribution in [3.63, 3.8) is 0 Å². The lowest BCUT2D eigenvalue weighted by atomic mass is 10.2. The number of urea groups is 1. The summed E-state index contributed by atoms with van der Waals surface area (Å²) in [7, 11) is 0. The molecular weight excluding hydrogens is 326 g/mol. The predicted molar refractivity (Wildman–Crippen MR) is 106 cm³/mol. The van der Waals surface area contributed by atoms with Crippen LogP contribution in [0.4, 0.5) is 16.2 Å². The molecule has 0 saturated heterocycles. The van der Waals surface area contributed by atoms with E-state index in [0.717, 1.165) is 16.6 Å². The second-order valence-corrected chi connectivity index (χ2v) is 5.46. The number of fused-ring (bicyclic) bond motifs is 1. The average Bonchev–Trinajstić information content (AvgIpc) is 3.12. The van der Waals surface area contributed by atoms with Gasteiger partial charge in [0.05, 0.1) is 5.69 Å². The third-order valence-corrected chi connectivity index (χ3v) is 3.67. The normalized spacial score (nSPS) is 11.0. The number of carbonyl (C=O) groups is 1. The van der Waals surface area contributed by atoms with Crippen molar-refractivity contribution < 1.29 is 9.53 Å². The molecule has 1 aromatic heterocycles. The van der Waals surface area contributed by atoms with E-state index < -0.39 is 0 Å². The molecule has 2 aromatic carbocycles. The van der Waals surface area contributed by atoms with E-state index in [0.29, 0.717) is 17.2 Å². The number of carbonyl (C=O) groups excluding carboxylic acids is 1. The first-order valence-electron chi connectivity index (χ1n) is 8.07. The summed E-state index contributed by atoms with van der Waals surface area (Å²) < 4.78 is 5.64. The Morgan fingerprint density at radius 1 is 1.04 bits per heavy atom. The van der Waals surface area contributed by atoms with Crippen molar-refractivity contribution >= 4 is 28.3 Å². The topological polar surface area (TPSA) is 66.2 Å². The third-order valence-electron chi connectivity index (χ3n) is 3.67. The molecular formula is C21H19N3O2. The Hall–Kier alpha value is -3.73. The molecule has 0 radical (unpaired) electrons. The van der Waals surface area contributed by atoms with Crippen LogP contribution in [0, 0.1) is 0 Å². The fraction of sp³-hybridized carbons (Fsp3) is 0. The second kappa shape index (κ2) is 7.90. The fourth-order valence-corrected chi connectivity index (χ4v) is 2.48. The maximum atomic E-state index is 12.2.